The van der Waals surface area contributed by atoms with E-state index in [1.165, 1.54) is 4.90 Å². The molecule has 1 atom stereocenters. The van der Waals surface area contributed by atoms with E-state index in [9.17, 15) is 18.0 Å². The Bertz CT molecular complexity index is 217. The van der Waals surface area contributed by atoms with Gasteiger partial charge >= 0.3 is 6.18 Å². The van der Waals surface area contributed by atoms with Crippen molar-refractivity contribution in [3.8, 4) is 0 Å². The molecule has 0 saturated carbocycles. The molecule has 1 saturated heterocycles. The number of Topliss-reactive ketones (excluding diaryl/α,β-unsaturated/α-hetero) is 1. The van der Waals surface area contributed by atoms with E-state index in [1.807, 2.05) is 0 Å². The summed E-state index contributed by atoms with van der Waals surface area (Å²) in [5, 5.41) is 8.74. The topological polar surface area (TPSA) is 40.5 Å². The molecule has 0 aromatic rings. The van der Waals surface area contributed by atoms with Gasteiger partial charge < -0.3 is 5.11 Å². The van der Waals surface area contributed by atoms with Gasteiger partial charge in [0, 0.05) is 13.2 Å². The molecule has 14 heavy (non-hydrogen) atoms. The molecule has 6 heteroatoms. The third-order valence-electron chi connectivity index (χ3n) is 2.31. The van der Waals surface area contributed by atoms with Crippen LogP contribution >= 0.6 is 0 Å². The molecule has 1 aliphatic heterocycles. The van der Waals surface area contributed by atoms with Crippen molar-refractivity contribution >= 4 is 5.78 Å². The maximum Gasteiger partial charge on any atom is 0.451 e. The number of likely N-dealkylation sites (tertiary alicyclic amines) is 1. The van der Waals surface area contributed by atoms with E-state index >= 15 is 0 Å². The van der Waals surface area contributed by atoms with E-state index in [0.717, 1.165) is 0 Å². The summed E-state index contributed by atoms with van der Waals surface area (Å²) in [7, 11) is 0. The van der Waals surface area contributed by atoms with Gasteiger partial charge in [-0.2, -0.15) is 13.2 Å². The average Bonchev–Trinajstić information content (AvgIpc) is 2.50. The summed E-state index contributed by atoms with van der Waals surface area (Å²) in [6, 6.07) is 0. The quantitative estimate of drug-likeness (QED) is 0.736. The zero-order chi connectivity index (χ0) is 10.8. The van der Waals surface area contributed by atoms with Gasteiger partial charge in [0.05, 0.1) is 6.54 Å². The number of halogens is 3. The van der Waals surface area contributed by atoms with Crippen molar-refractivity contribution in [2.45, 2.75) is 12.6 Å². The van der Waals surface area contributed by atoms with E-state index in [0.29, 0.717) is 19.5 Å². The second-order valence-electron chi connectivity index (χ2n) is 3.49. The van der Waals surface area contributed by atoms with E-state index in [-0.39, 0.29) is 12.5 Å². The Morgan fingerprint density at radius 1 is 1.50 bits per heavy atom. The molecule has 0 bridgehead atoms. The Hall–Kier alpha value is -0.620. The van der Waals surface area contributed by atoms with Crippen molar-refractivity contribution in [1.29, 1.82) is 0 Å². The van der Waals surface area contributed by atoms with Crippen molar-refractivity contribution in [3.63, 3.8) is 0 Å². The molecule has 1 fully saturated rings. The molecule has 0 radical (unpaired) electrons. The highest BCUT2D eigenvalue weighted by molar-refractivity contribution is 5.85. The van der Waals surface area contributed by atoms with Crippen molar-refractivity contribution in [3.05, 3.63) is 0 Å². The fourth-order valence-corrected chi connectivity index (χ4v) is 1.50. The Morgan fingerprint density at radius 2 is 2.14 bits per heavy atom. The van der Waals surface area contributed by atoms with Crippen molar-refractivity contribution in [2.75, 3.05) is 26.2 Å². The standard InChI is InChI=1S/C8H12F3NO2/c9-8(10,11)7(14)4-12-2-1-6(3-12)5-13/h6,13H,1-5H2/t6-/m0/s1. The normalized spacial score (nSPS) is 24.1. The van der Waals surface area contributed by atoms with Crippen LogP contribution in [0.1, 0.15) is 6.42 Å². The maximum atomic E-state index is 11.9. The zero-order valence-electron chi connectivity index (χ0n) is 7.55. The van der Waals surface area contributed by atoms with Gasteiger partial charge in [0.1, 0.15) is 0 Å². The van der Waals surface area contributed by atoms with E-state index in [2.05, 4.69) is 0 Å². The van der Waals surface area contributed by atoms with Gasteiger partial charge in [-0.05, 0) is 18.9 Å². The smallest absolute Gasteiger partial charge is 0.396 e. The number of aliphatic hydroxyl groups excluding tert-OH is 1. The molecular weight excluding hydrogens is 199 g/mol. The van der Waals surface area contributed by atoms with Crippen molar-refractivity contribution in [1.82, 2.24) is 4.90 Å². The van der Waals surface area contributed by atoms with Gasteiger partial charge in [0.2, 0.25) is 5.78 Å². The first-order chi connectivity index (χ1) is 6.43. The Balaban J connectivity index is 2.36. The molecular formula is C8H12F3NO2. The Kier molecular flexibility index (Phi) is 3.49. The molecule has 1 N–H and O–H groups in total. The van der Waals surface area contributed by atoms with Crippen LogP contribution in [0.5, 0.6) is 0 Å². The van der Waals surface area contributed by atoms with Crippen LogP contribution in [0.15, 0.2) is 0 Å². The molecule has 1 heterocycles. The number of carbonyl (C=O) groups excluding carboxylic acids is 1. The van der Waals surface area contributed by atoms with Gasteiger partial charge in [-0.15, -0.1) is 0 Å². The number of ketones is 1. The van der Waals surface area contributed by atoms with Crippen LogP contribution in [0, 0.1) is 5.92 Å². The Labute approximate surface area is 79.5 Å². The number of aliphatic hydroxyl groups is 1. The summed E-state index contributed by atoms with van der Waals surface area (Å²) < 4.78 is 35.6. The lowest BCUT2D eigenvalue weighted by atomic mass is 10.1. The lowest BCUT2D eigenvalue weighted by Crippen LogP contribution is -2.36. The zero-order valence-corrected chi connectivity index (χ0v) is 7.55. The maximum absolute atomic E-state index is 11.9. The van der Waals surface area contributed by atoms with Gasteiger partial charge in [-0.25, -0.2) is 0 Å². The van der Waals surface area contributed by atoms with Crippen molar-refractivity contribution in [2.24, 2.45) is 5.92 Å². The first kappa shape index (κ1) is 11.5. The third kappa shape index (κ3) is 2.95. The van der Waals surface area contributed by atoms with E-state index < -0.39 is 18.5 Å². The summed E-state index contributed by atoms with van der Waals surface area (Å²) in [5.41, 5.74) is 0. The van der Waals surface area contributed by atoms with Crippen LogP contribution in [0.4, 0.5) is 13.2 Å². The summed E-state index contributed by atoms with van der Waals surface area (Å²) in [6.07, 6.45) is -4.08. The minimum Gasteiger partial charge on any atom is -0.396 e. The summed E-state index contributed by atoms with van der Waals surface area (Å²) in [5.74, 6) is -1.70. The minimum absolute atomic E-state index is 0.0102. The second-order valence-corrected chi connectivity index (χ2v) is 3.49. The molecule has 1 rings (SSSR count). The number of rotatable bonds is 3. The minimum atomic E-state index is -4.74. The highest BCUT2D eigenvalue weighted by atomic mass is 19.4. The number of alkyl halides is 3. The molecule has 0 aromatic heterocycles. The first-order valence-electron chi connectivity index (χ1n) is 4.36. The van der Waals surface area contributed by atoms with Crippen molar-refractivity contribution < 1.29 is 23.1 Å². The van der Waals surface area contributed by atoms with Crippen LogP contribution in [0.3, 0.4) is 0 Å². The van der Waals surface area contributed by atoms with Crippen LogP contribution in [0.2, 0.25) is 0 Å². The van der Waals surface area contributed by atoms with Gasteiger partial charge in [0.15, 0.2) is 0 Å². The number of nitrogens with zero attached hydrogens (tertiary/aromatic N) is 1. The summed E-state index contributed by atoms with van der Waals surface area (Å²) in [6.45, 7) is 0.210. The highest BCUT2D eigenvalue weighted by Gasteiger charge is 2.39. The second kappa shape index (κ2) is 4.27. The molecule has 1 aliphatic rings. The predicted octanol–water partition coefficient (Wildman–Crippen LogP) is 0.432. The van der Waals surface area contributed by atoms with Crippen LogP contribution < -0.4 is 0 Å². The van der Waals surface area contributed by atoms with E-state index in [4.69, 9.17) is 5.11 Å². The van der Waals surface area contributed by atoms with Crippen LogP contribution in [-0.4, -0.2) is 48.2 Å². The largest absolute Gasteiger partial charge is 0.451 e. The van der Waals surface area contributed by atoms with Gasteiger partial charge in [-0.1, -0.05) is 0 Å². The highest BCUT2D eigenvalue weighted by Crippen LogP contribution is 2.20. The lowest BCUT2D eigenvalue weighted by molar-refractivity contribution is -0.171. The lowest BCUT2D eigenvalue weighted by Gasteiger charge is -2.15. The average molecular weight is 211 g/mol. The van der Waals surface area contributed by atoms with E-state index in [1.54, 1.807) is 0 Å². The van der Waals surface area contributed by atoms with Crippen LogP contribution in [0.25, 0.3) is 0 Å². The summed E-state index contributed by atoms with van der Waals surface area (Å²) in [4.78, 5) is 12.0. The van der Waals surface area contributed by atoms with Gasteiger partial charge in [-0.3, -0.25) is 9.69 Å². The molecule has 0 unspecified atom stereocenters. The van der Waals surface area contributed by atoms with Crippen LogP contribution in [-0.2, 0) is 4.79 Å². The molecule has 0 aliphatic carbocycles. The Morgan fingerprint density at radius 3 is 2.57 bits per heavy atom. The molecule has 0 aromatic carbocycles. The number of carbonyl (C=O) groups is 1. The fraction of sp³-hybridized carbons (Fsp3) is 0.875. The molecule has 3 nitrogen and oxygen atoms in total. The van der Waals surface area contributed by atoms with Gasteiger partial charge in [0.25, 0.3) is 0 Å². The monoisotopic (exact) mass is 211 g/mol. The number of hydrogen-bond acceptors (Lipinski definition) is 3. The third-order valence-corrected chi connectivity index (χ3v) is 2.31. The molecule has 0 spiro atoms. The SMILES string of the molecule is O=C(CN1CC[C@H](CO)C1)C(F)(F)F. The predicted molar refractivity (Wildman–Crippen MR) is 42.7 cm³/mol. The fourth-order valence-electron chi connectivity index (χ4n) is 1.50. The first-order valence-corrected chi connectivity index (χ1v) is 4.36. The molecule has 0 amide bonds. The number of hydrogen-bond donors (Lipinski definition) is 1. The summed E-state index contributed by atoms with van der Waals surface area (Å²) >= 11 is 0. The molecule has 82 valence electrons.